The van der Waals surface area contributed by atoms with Crippen LogP contribution in [-0.2, 0) is 98.1 Å². The van der Waals surface area contributed by atoms with Crippen LogP contribution in [0.2, 0.25) is 0 Å². The number of hydrogen-bond donors (Lipinski definition) is 1. The summed E-state index contributed by atoms with van der Waals surface area (Å²) in [5, 5.41) is 11.6. The summed E-state index contributed by atoms with van der Waals surface area (Å²) in [5.41, 5.74) is 0.905. The predicted octanol–water partition coefficient (Wildman–Crippen LogP) is 2.65. The molecule has 2 rings (SSSR count). The topological polar surface area (TPSA) is 20.2 Å². The molecule has 3 radical (unpaired) electrons. The molecule has 15 heavy (non-hydrogen) atoms. The molecule has 0 aliphatic heterocycles. The van der Waals surface area contributed by atoms with E-state index in [1.807, 2.05) is 31.2 Å². The van der Waals surface area contributed by atoms with Gasteiger partial charge in [-0.25, -0.2) is 0 Å². The Hall–Kier alpha value is 1.81. The molecule has 0 spiro atoms. The van der Waals surface area contributed by atoms with Crippen LogP contribution in [0.15, 0.2) is 30.3 Å². The number of hydrogen-bond acceptors (Lipinski definition) is 1. The maximum Gasteiger partial charge on any atom is 0.115 e. The van der Waals surface area contributed by atoms with Gasteiger partial charge >= 0.3 is 0 Å². The van der Waals surface area contributed by atoms with Crippen molar-refractivity contribution in [2.45, 2.75) is 6.92 Å². The van der Waals surface area contributed by atoms with Gasteiger partial charge < -0.3 is 5.11 Å². The van der Waals surface area contributed by atoms with Crippen molar-refractivity contribution < 1.29 is 103 Å². The van der Waals surface area contributed by atoms with E-state index in [-0.39, 0.29) is 98.1 Å². The molecule has 0 aliphatic rings. The molecule has 1 nitrogen and oxygen atoms in total. The molecule has 0 fully saturated rings. The quantitative estimate of drug-likeness (QED) is 0.646. The normalized spacial score (nSPS) is 8.33. The maximum absolute atomic E-state index is 9.41. The Kier molecular flexibility index (Phi) is 11.3. The number of aryl methyl sites for hydroxylation is 1. The summed E-state index contributed by atoms with van der Waals surface area (Å²) in [6.45, 7) is 1.89. The molecule has 0 saturated carbocycles. The molecule has 0 amide bonds. The minimum atomic E-state index is 0. The molecule has 0 saturated heterocycles. The van der Waals surface area contributed by atoms with Crippen LogP contribution in [0.4, 0.5) is 0 Å². The first-order valence-corrected chi connectivity index (χ1v) is 3.87. The molecule has 4 heteroatoms. The zero-order valence-electron chi connectivity index (χ0n) is 8.57. The third kappa shape index (κ3) is 4.90. The minimum absolute atomic E-state index is 0. The van der Waals surface area contributed by atoms with Crippen LogP contribution in [0.5, 0.6) is 5.75 Å². The molecule has 2 aromatic rings. The van der Waals surface area contributed by atoms with Gasteiger partial charge in [0.05, 0.1) is 0 Å². The number of benzene rings is 2. The largest absolute Gasteiger partial charge is 0.508 e. The number of rotatable bonds is 0. The molecule has 0 aromatic heterocycles. The van der Waals surface area contributed by atoms with E-state index in [4.69, 9.17) is 0 Å². The summed E-state index contributed by atoms with van der Waals surface area (Å²) < 4.78 is 0. The Balaban J connectivity index is 0. The smallest absolute Gasteiger partial charge is 0.115 e. The van der Waals surface area contributed by atoms with E-state index >= 15 is 0 Å². The second kappa shape index (κ2) is 8.84. The zero-order valence-corrected chi connectivity index (χ0v) is 17.1. The van der Waals surface area contributed by atoms with Gasteiger partial charge in [-0.05, 0) is 18.6 Å². The fourth-order valence-corrected chi connectivity index (χ4v) is 1.28. The molecular formula is C11H9OY3-. The van der Waals surface area contributed by atoms with Gasteiger partial charge in [-0.15, -0.1) is 16.8 Å². The third-order valence-electron chi connectivity index (χ3n) is 2.00. The second-order valence-corrected chi connectivity index (χ2v) is 2.91. The fourth-order valence-electron chi connectivity index (χ4n) is 1.28. The predicted molar refractivity (Wildman–Crippen MR) is 49.2 cm³/mol. The van der Waals surface area contributed by atoms with Crippen LogP contribution in [-0.4, -0.2) is 5.11 Å². The van der Waals surface area contributed by atoms with Crippen LogP contribution in [0.1, 0.15) is 5.56 Å². The number of fused-ring (bicyclic) bond motifs is 1. The van der Waals surface area contributed by atoms with Crippen molar-refractivity contribution in [1.82, 2.24) is 0 Å². The molecule has 0 unspecified atom stereocenters. The standard InChI is InChI=1S/C11H9O.3Y/c1-8-6-9-4-2-3-5-10(9)7-11(8)12;;;/h3-7,12H,1H3;;;/q-1;;;. The van der Waals surface area contributed by atoms with E-state index in [0.29, 0.717) is 5.75 Å². The Bertz CT molecular complexity index is 389. The van der Waals surface area contributed by atoms with E-state index in [1.165, 1.54) is 0 Å². The first-order valence-electron chi connectivity index (χ1n) is 3.87. The van der Waals surface area contributed by atoms with E-state index in [1.54, 1.807) is 6.07 Å². The molecule has 0 bridgehead atoms. The van der Waals surface area contributed by atoms with Crippen LogP contribution in [0, 0.1) is 13.0 Å². The molecule has 69 valence electrons. The van der Waals surface area contributed by atoms with Crippen molar-refractivity contribution in [3.05, 3.63) is 42.0 Å². The average Bonchev–Trinajstić information content (AvgIpc) is 2.07. The van der Waals surface area contributed by atoms with Crippen molar-refractivity contribution in [1.29, 1.82) is 0 Å². The number of phenolic OH excluding ortho intramolecular Hbond substituents is 1. The molecule has 1 N–H and O–H groups in total. The van der Waals surface area contributed by atoms with Gasteiger partial charge in [-0.3, -0.25) is 0 Å². The summed E-state index contributed by atoms with van der Waals surface area (Å²) in [6, 6.07) is 12.4. The third-order valence-corrected chi connectivity index (χ3v) is 2.00. The Morgan fingerprint density at radius 1 is 1.07 bits per heavy atom. The van der Waals surface area contributed by atoms with Crippen LogP contribution < -0.4 is 0 Å². The first-order chi connectivity index (χ1) is 5.77. The molecule has 0 atom stereocenters. The Morgan fingerprint density at radius 2 is 1.73 bits per heavy atom. The maximum atomic E-state index is 9.41. The Morgan fingerprint density at radius 3 is 2.40 bits per heavy atom. The molecule has 0 aliphatic carbocycles. The van der Waals surface area contributed by atoms with Crippen molar-refractivity contribution in [2.24, 2.45) is 0 Å². The van der Waals surface area contributed by atoms with Crippen molar-refractivity contribution >= 4 is 10.8 Å². The Labute approximate surface area is 165 Å². The summed E-state index contributed by atoms with van der Waals surface area (Å²) in [5.74, 6) is 0.355. The second-order valence-electron chi connectivity index (χ2n) is 2.91. The first kappa shape index (κ1) is 19.2. The SMILES string of the molecule is Cc1cc2c[c-]ccc2cc1O.[Y].[Y].[Y]. The van der Waals surface area contributed by atoms with Crippen LogP contribution >= 0.6 is 0 Å². The zero-order chi connectivity index (χ0) is 8.55. The van der Waals surface area contributed by atoms with Crippen molar-refractivity contribution in [3.8, 4) is 5.75 Å². The van der Waals surface area contributed by atoms with Gasteiger partial charge in [0, 0.05) is 98.1 Å². The van der Waals surface area contributed by atoms with Gasteiger partial charge in [-0.1, -0.05) is 0 Å². The van der Waals surface area contributed by atoms with E-state index < -0.39 is 0 Å². The van der Waals surface area contributed by atoms with Crippen LogP contribution in [0.3, 0.4) is 0 Å². The van der Waals surface area contributed by atoms with Crippen molar-refractivity contribution in [3.63, 3.8) is 0 Å². The fraction of sp³-hybridized carbons (Fsp3) is 0.0909. The van der Waals surface area contributed by atoms with E-state index in [9.17, 15) is 5.11 Å². The summed E-state index contributed by atoms with van der Waals surface area (Å²) in [4.78, 5) is 0. The molecule has 2 aromatic carbocycles. The number of aromatic hydroxyl groups is 1. The van der Waals surface area contributed by atoms with Gasteiger partial charge in [0.15, 0.2) is 0 Å². The summed E-state index contributed by atoms with van der Waals surface area (Å²) >= 11 is 0. The van der Waals surface area contributed by atoms with Gasteiger partial charge in [0.2, 0.25) is 0 Å². The molecule has 0 heterocycles. The minimum Gasteiger partial charge on any atom is -0.508 e. The van der Waals surface area contributed by atoms with E-state index in [2.05, 4.69) is 6.07 Å². The average molecular weight is 424 g/mol. The number of phenols is 1. The summed E-state index contributed by atoms with van der Waals surface area (Å²) in [6.07, 6.45) is 0. The van der Waals surface area contributed by atoms with Gasteiger partial charge in [0.1, 0.15) is 5.75 Å². The molecular weight excluding hydrogens is 415 g/mol. The van der Waals surface area contributed by atoms with Gasteiger partial charge in [0.25, 0.3) is 0 Å². The van der Waals surface area contributed by atoms with Gasteiger partial charge in [-0.2, -0.15) is 24.3 Å². The van der Waals surface area contributed by atoms with E-state index in [0.717, 1.165) is 16.3 Å². The van der Waals surface area contributed by atoms with Crippen LogP contribution in [0.25, 0.3) is 10.8 Å². The van der Waals surface area contributed by atoms with Crippen molar-refractivity contribution in [2.75, 3.05) is 0 Å². The summed E-state index contributed by atoms with van der Waals surface area (Å²) in [7, 11) is 0. The monoisotopic (exact) mass is 424 g/mol.